The highest BCUT2D eigenvalue weighted by molar-refractivity contribution is 7.89. The van der Waals surface area contributed by atoms with Crippen LogP contribution in [0.4, 0.5) is 0 Å². The highest BCUT2D eigenvalue weighted by Gasteiger charge is 2.34. The van der Waals surface area contributed by atoms with Gasteiger partial charge in [0.2, 0.25) is 0 Å². The normalized spacial score (nSPS) is 14.4. The maximum Gasteiger partial charge on any atom is 0.151 e. The molecule has 1 heterocycles. The van der Waals surface area contributed by atoms with Crippen LogP contribution in [0.2, 0.25) is 5.02 Å². The lowest BCUT2D eigenvalue weighted by Gasteiger charge is -2.33. The van der Waals surface area contributed by atoms with E-state index in [0.29, 0.717) is 11.4 Å². The summed E-state index contributed by atoms with van der Waals surface area (Å²) < 4.78 is 23.6. The Labute approximate surface area is 165 Å². The van der Waals surface area contributed by atoms with E-state index in [0.717, 1.165) is 34.0 Å². The maximum absolute atomic E-state index is 11.8. The molecule has 27 heavy (non-hydrogen) atoms. The zero-order valence-corrected chi connectivity index (χ0v) is 17.1. The summed E-state index contributed by atoms with van der Waals surface area (Å²) in [5.74, 6) is -0.00956. The summed E-state index contributed by atoms with van der Waals surface area (Å²) in [6.07, 6.45) is 4.54. The van der Waals surface area contributed by atoms with E-state index >= 15 is 0 Å². The number of rotatable bonds is 7. The van der Waals surface area contributed by atoms with Gasteiger partial charge in [-0.05, 0) is 41.7 Å². The Morgan fingerprint density at radius 3 is 2.44 bits per heavy atom. The molecular weight excluding hydrogens is 382 g/mol. The fourth-order valence-electron chi connectivity index (χ4n) is 3.98. The van der Waals surface area contributed by atoms with Crippen molar-refractivity contribution in [2.24, 2.45) is 0 Å². The van der Waals surface area contributed by atoms with E-state index in [-0.39, 0.29) is 17.8 Å². The van der Waals surface area contributed by atoms with Gasteiger partial charge in [-0.15, -0.1) is 0 Å². The van der Waals surface area contributed by atoms with Crippen LogP contribution in [0, 0.1) is 0 Å². The Balaban J connectivity index is 2.23. The lowest BCUT2D eigenvalue weighted by atomic mass is 9.70. The van der Waals surface area contributed by atoms with E-state index < -0.39 is 9.84 Å². The number of hydrogen-bond donors (Lipinski definition) is 2. The quantitative estimate of drug-likeness (QED) is 0.610. The van der Waals surface area contributed by atoms with Crippen LogP contribution in [0.15, 0.2) is 48.7 Å². The predicted molar refractivity (Wildman–Crippen MR) is 111 cm³/mol. The van der Waals surface area contributed by atoms with Crippen molar-refractivity contribution in [2.75, 3.05) is 12.9 Å². The standard InChI is InChI=1S/C21H24ClNO3S/c1-3-21(11-12-24,16-7-9-17(22)10-8-16)19-13-23-20-15(14-27(2,25)26)5-4-6-18(19)20/h4-10,13,23-24H,3,11-12,14H2,1-2H3. The molecule has 0 bridgehead atoms. The van der Waals surface area contributed by atoms with Crippen LogP contribution in [0.25, 0.3) is 10.9 Å². The number of aliphatic hydroxyl groups excluding tert-OH is 1. The SMILES string of the molecule is CCC(CCO)(c1ccc(Cl)cc1)c1c[nH]c2c(CS(C)(=O)=O)cccc12. The number of para-hydroxylation sites is 1. The average Bonchev–Trinajstić information content (AvgIpc) is 3.05. The second-order valence-corrected chi connectivity index (χ2v) is 9.60. The second-order valence-electron chi connectivity index (χ2n) is 7.03. The van der Waals surface area contributed by atoms with Crippen LogP contribution in [0.3, 0.4) is 0 Å². The first kappa shape index (κ1) is 19.9. The second kappa shape index (κ2) is 7.66. The molecule has 0 saturated heterocycles. The molecular formula is C21H24ClNO3S. The summed E-state index contributed by atoms with van der Waals surface area (Å²) in [6, 6.07) is 13.5. The number of H-pyrrole nitrogens is 1. The van der Waals surface area contributed by atoms with E-state index in [1.807, 2.05) is 48.7 Å². The zero-order chi connectivity index (χ0) is 19.7. The predicted octanol–water partition coefficient (Wildman–Crippen LogP) is 4.44. The van der Waals surface area contributed by atoms with Gasteiger partial charge in [-0.3, -0.25) is 0 Å². The molecule has 3 aromatic rings. The van der Waals surface area contributed by atoms with Crippen molar-refractivity contribution in [1.29, 1.82) is 0 Å². The lowest BCUT2D eigenvalue weighted by molar-refractivity contribution is 0.250. The van der Waals surface area contributed by atoms with Crippen LogP contribution in [0.1, 0.15) is 36.5 Å². The third kappa shape index (κ3) is 3.91. The molecule has 2 aromatic carbocycles. The van der Waals surface area contributed by atoms with Gasteiger partial charge in [0.25, 0.3) is 0 Å². The molecule has 6 heteroatoms. The van der Waals surface area contributed by atoms with Gasteiger partial charge < -0.3 is 10.1 Å². The molecule has 0 spiro atoms. The molecule has 1 aromatic heterocycles. The van der Waals surface area contributed by atoms with Crippen molar-refractivity contribution in [3.63, 3.8) is 0 Å². The number of sulfone groups is 1. The molecule has 2 N–H and O–H groups in total. The molecule has 0 aliphatic heterocycles. The molecule has 1 atom stereocenters. The minimum Gasteiger partial charge on any atom is -0.396 e. The van der Waals surface area contributed by atoms with Crippen molar-refractivity contribution in [1.82, 2.24) is 4.98 Å². The summed E-state index contributed by atoms with van der Waals surface area (Å²) >= 11 is 6.07. The topological polar surface area (TPSA) is 70.2 Å². The minimum atomic E-state index is -3.14. The van der Waals surface area contributed by atoms with Crippen LogP contribution in [-0.4, -0.2) is 31.4 Å². The Morgan fingerprint density at radius 1 is 1.15 bits per heavy atom. The van der Waals surface area contributed by atoms with Crippen molar-refractivity contribution >= 4 is 32.3 Å². The van der Waals surface area contributed by atoms with Crippen LogP contribution in [0.5, 0.6) is 0 Å². The number of aliphatic hydroxyl groups is 1. The Morgan fingerprint density at radius 2 is 1.85 bits per heavy atom. The maximum atomic E-state index is 11.8. The third-order valence-electron chi connectivity index (χ3n) is 5.27. The van der Waals surface area contributed by atoms with Gasteiger partial charge in [0.05, 0.1) is 5.75 Å². The van der Waals surface area contributed by atoms with E-state index in [1.165, 1.54) is 6.26 Å². The largest absolute Gasteiger partial charge is 0.396 e. The first-order valence-corrected chi connectivity index (χ1v) is 11.4. The molecule has 0 saturated carbocycles. The van der Waals surface area contributed by atoms with Crippen molar-refractivity contribution in [3.8, 4) is 0 Å². The first-order chi connectivity index (χ1) is 12.8. The van der Waals surface area contributed by atoms with Gasteiger partial charge in [-0.25, -0.2) is 8.42 Å². The molecule has 3 rings (SSSR count). The summed E-state index contributed by atoms with van der Waals surface area (Å²) in [7, 11) is -3.14. The Hall–Kier alpha value is -1.82. The molecule has 1 unspecified atom stereocenters. The van der Waals surface area contributed by atoms with E-state index in [4.69, 9.17) is 11.6 Å². The highest BCUT2D eigenvalue weighted by atomic mass is 35.5. The van der Waals surface area contributed by atoms with E-state index in [1.54, 1.807) is 0 Å². The molecule has 0 aliphatic rings. The molecule has 4 nitrogen and oxygen atoms in total. The van der Waals surface area contributed by atoms with Crippen LogP contribution in [-0.2, 0) is 21.0 Å². The average molecular weight is 406 g/mol. The molecule has 0 amide bonds. The first-order valence-electron chi connectivity index (χ1n) is 8.95. The smallest absolute Gasteiger partial charge is 0.151 e. The fourth-order valence-corrected chi connectivity index (χ4v) is 4.91. The number of benzene rings is 2. The summed E-state index contributed by atoms with van der Waals surface area (Å²) in [4.78, 5) is 3.29. The van der Waals surface area contributed by atoms with Gasteiger partial charge in [-0.2, -0.15) is 0 Å². The van der Waals surface area contributed by atoms with Crippen LogP contribution < -0.4 is 0 Å². The zero-order valence-electron chi connectivity index (χ0n) is 15.5. The molecule has 0 aliphatic carbocycles. The third-order valence-corrected chi connectivity index (χ3v) is 6.36. The van der Waals surface area contributed by atoms with Gasteiger partial charge in [0.15, 0.2) is 9.84 Å². The summed E-state index contributed by atoms with van der Waals surface area (Å²) in [6.45, 7) is 2.15. The van der Waals surface area contributed by atoms with Gasteiger partial charge >= 0.3 is 0 Å². The van der Waals surface area contributed by atoms with Gasteiger partial charge in [0, 0.05) is 40.4 Å². The van der Waals surface area contributed by atoms with Crippen LogP contribution >= 0.6 is 11.6 Å². The number of aromatic amines is 1. The molecule has 144 valence electrons. The lowest BCUT2D eigenvalue weighted by Crippen LogP contribution is -2.28. The minimum absolute atomic E-state index is 0.00956. The van der Waals surface area contributed by atoms with Gasteiger partial charge in [-0.1, -0.05) is 48.9 Å². The number of nitrogens with one attached hydrogen (secondary N) is 1. The van der Waals surface area contributed by atoms with E-state index in [9.17, 15) is 13.5 Å². The Kier molecular flexibility index (Phi) is 5.65. The van der Waals surface area contributed by atoms with Gasteiger partial charge in [0.1, 0.15) is 0 Å². The number of aromatic nitrogens is 1. The van der Waals surface area contributed by atoms with E-state index in [2.05, 4.69) is 11.9 Å². The monoisotopic (exact) mass is 405 g/mol. The molecule has 0 radical (unpaired) electrons. The highest BCUT2D eigenvalue weighted by Crippen LogP contribution is 2.43. The summed E-state index contributed by atoms with van der Waals surface area (Å²) in [5.41, 5.74) is 3.35. The van der Waals surface area contributed by atoms with Crippen molar-refractivity contribution in [2.45, 2.75) is 30.9 Å². The Bertz CT molecular complexity index is 1040. The molecule has 0 fully saturated rings. The van der Waals surface area contributed by atoms with Crippen molar-refractivity contribution < 1.29 is 13.5 Å². The number of halogens is 1. The summed E-state index contributed by atoms with van der Waals surface area (Å²) in [5, 5.41) is 11.5. The number of fused-ring (bicyclic) bond motifs is 1. The van der Waals surface area contributed by atoms with Crippen molar-refractivity contribution in [3.05, 3.63) is 70.4 Å². The fraction of sp³-hybridized carbons (Fsp3) is 0.333. The number of hydrogen-bond acceptors (Lipinski definition) is 3.